The van der Waals surface area contributed by atoms with Crippen LogP contribution in [0.15, 0.2) is 36.7 Å². The number of carbonyl (C=O) groups is 1. The number of nitrogens with one attached hydrogen (secondary N) is 2. The van der Waals surface area contributed by atoms with Gasteiger partial charge in [0.05, 0.1) is 24.7 Å². The number of hydrogen-bond acceptors (Lipinski definition) is 7. The zero-order chi connectivity index (χ0) is 22.5. The highest BCUT2D eigenvalue weighted by molar-refractivity contribution is 5.94. The molecule has 0 bridgehead atoms. The van der Waals surface area contributed by atoms with Gasteiger partial charge in [-0.05, 0) is 44.0 Å². The predicted octanol–water partition coefficient (Wildman–Crippen LogP) is 3.03. The molecule has 1 saturated heterocycles. The average Bonchev–Trinajstić information content (AvgIpc) is 3.21. The van der Waals surface area contributed by atoms with Gasteiger partial charge in [-0.15, -0.1) is 12.4 Å². The minimum absolute atomic E-state index is 0. The normalized spacial score (nSPS) is 13.9. The second-order valence-electron chi connectivity index (χ2n) is 7.48. The van der Waals surface area contributed by atoms with E-state index < -0.39 is 5.82 Å². The summed E-state index contributed by atoms with van der Waals surface area (Å²) in [7, 11) is 0. The molecule has 1 aliphatic heterocycles. The highest BCUT2D eigenvalue weighted by Gasteiger charge is 2.23. The summed E-state index contributed by atoms with van der Waals surface area (Å²) in [6.07, 6.45) is 4.44. The molecular formula is C22H26ClFN6O3. The SMILES string of the molecule is Cc1ncc(-c2nc(Nc3ccc(C(=O)NCCO)cc3)ncc2F)n1C1CCOCC1.Cl. The first-order valence-electron chi connectivity index (χ1n) is 10.5. The topological polar surface area (TPSA) is 114 Å². The van der Waals surface area contributed by atoms with Crippen LogP contribution in [0.5, 0.6) is 0 Å². The van der Waals surface area contributed by atoms with Gasteiger partial charge in [0, 0.05) is 37.1 Å². The number of imidazole rings is 1. The molecule has 3 heterocycles. The van der Waals surface area contributed by atoms with Gasteiger partial charge in [-0.2, -0.15) is 0 Å². The molecule has 0 aliphatic carbocycles. The number of hydrogen-bond donors (Lipinski definition) is 3. The maximum Gasteiger partial charge on any atom is 0.251 e. The summed E-state index contributed by atoms with van der Waals surface area (Å²) in [4.78, 5) is 24.8. The van der Waals surface area contributed by atoms with Crippen molar-refractivity contribution in [2.75, 3.05) is 31.7 Å². The fraction of sp³-hybridized carbons (Fsp3) is 0.364. The number of aryl methyl sites for hydroxylation is 1. The maximum absolute atomic E-state index is 14.7. The molecule has 1 aliphatic rings. The minimum atomic E-state index is -0.528. The zero-order valence-electron chi connectivity index (χ0n) is 18.1. The number of rotatable bonds is 7. The predicted molar refractivity (Wildman–Crippen MR) is 123 cm³/mol. The molecule has 1 amide bonds. The van der Waals surface area contributed by atoms with Crippen LogP contribution in [0.2, 0.25) is 0 Å². The first-order valence-corrected chi connectivity index (χ1v) is 10.5. The summed E-state index contributed by atoms with van der Waals surface area (Å²) in [5, 5.41) is 14.4. The van der Waals surface area contributed by atoms with Crippen LogP contribution in [0.25, 0.3) is 11.4 Å². The Morgan fingerprint density at radius 2 is 1.94 bits per heavy atom. The number of aliphatic hydroxyl groups excluding tert-OH is 1. The molecule has 0 saturated carbocycles. The van der Waals surface area contributed by atoms with E-state index in [1.54, 1.807) is 30.5 Å². The first kappa shape index (κ1) is 24.6. The summed E-state index contributed by atoms with van der Waals surface area (Å²) in [5.74, 6) is 0.230. The van der Waals surface area contributed by atoms with Crippen LogP contribution in [-0.2, 0) is 4.74 Å². The Hall–Kier alpha value is -3.08. The third-order valence-electron chi connectivity index (χ3n) is 5.33. The third kappa shape index (κ3) is 5.65. The highest BCUT2D eigenvalue weighted by atomic mass is 35.5. The molecule has 1 aromatic carbocycles. The van der Waals surface area contributed by atoms with Gasteiger partial charge in [-0.1, -0.05) is 0 Å². The lowest BCUT2D eigenvalue weighted by Crippen LogP contribution is -2.26. The smallest absolute Gasteiger partial charge is 0.251 e. The lowest BCUT2D eigenvalue weighted by molar-refractivity contribution is 0.0694. The quantitative estimate of drug-likeness (QED) is 0.480. The molecule has 11 heteroatoms. The van der Waals surface area contributed by atoms with Crippen LogP contribution >= 0.6 is 12.4 Å². The number of nitrogens with zero attached hydrogens (tertiary/aromatic N) is 4. The van der Waals surface area contributed by atoms with E-state index in [1.807, 2.05) is 11.5 Å². The Morgan fingerprint density at radius 3 is 2.64 bits per heavy atom. The van der Waals surface area contributed by atoms with Gasteiger partial charge in [0.1, 0.15) is 11.5 Å². The van der Waals surface area contributed by atoms with Crippen LogP contribution in [0.3, 0.4) is 0 Å². The van der Waals surface area contributed by atoms with E-state index in [2.05, 4.69) is 25.6 Å². The van der Waals surface area contributed by atoms with Crippen molar-refractivity contribution in [3.8, 4) is 11.4 Å². The van der Waals surface area contributed by atoms with E-state index in [1.165, 1.54) is 0 Å². The standard InChI is InChI=1S/C22H25FN6O3.ClH/c1-14-25-13-19(29(14)17-6-10-32-11-7-17)20-18(23)12-26-22(28-20)27-16-4-2-15(3-5-16)21(31)24-8-9-30;/h2-5,12-13,17,30H,6-11H2,1H3,(H,24,31)(H,26,27,28);1H. The van der Waals surface area contributed by atoms with Crippen molar-refractivity contribution in [1.82, 2.24) is 24.8 Å². The van der Waals surface area contributed by atoms with Crippen molar-refractivity contribution in [1.29, 1.82) is 0 Å². The van der Waals surface area contributed by atoms with Gasteiger partial charge in [0.25, 0.3) is 5.91 Å². The Kier molecular flexibility index (Phi) is 8.32. The van der Waals surface area contributed by atoms with E-state index in [9.17, 15) is 9.18 Å². The van der Waals surface area contributed by atoms with Crippen molar-refractivity contribution >= 4 is 29.9 Å². The van der Waals surface area contributed by atoms with Crippen LogP contribution in [0, 0.1) is 12.7 Å². The van der Waals surface area contributed by atoms with E-state index in [4.69, 9.17) is 9.84 Å². The van der Waals surface area contributed by atoms with Gasteiger partial charge in [-0.25, -0.2) is 19.3 Å². The van der Waals surface area contributed by atoms with Crippen molar-refractivity contribution in [3.63, 3.8) is 0 Å². The van der Waals surface area contributed by atoms with Gasteiger partial charge in [0.15, 0.2) is 5.82 Å². The van der Waals surface area contributed by atoms with Crippen LogP contribution in [0.1, 0.15) is 35.1 Å². The fourth-order valence-electron chi connectivity index (χ4n) is 3.75. The number of aliphatic hydroxyl groups is 1. The van der Waals surface area contributed by atoms with Crippen LogP contribution in [0.4, 0.5) is 16.0 Å². The molecule has 2 aromatic heterocycles. The van der Waals surface area contributed by atoms with Crippen molar-refractivity contribution in [2.24, 2.45) is 0 Å². The number of amides is 1. The van der Waals surface area contributed by atoms with E-state index in [-0.39, 0.29) is 49.1 Å². The summed E-state index contributed by atoms with van der Waals surface area (Å²) in [6.45, 7) is 3.29. The fourth-order valence-corrected chi connectivity index (χ4v) is 3.75. The average molecular weight is 477 g/mol. The molecule has 1 fully saturated rings. The Balaban J connectivity index is 0.00000306. The number of carbonyl (C=O) groups excluding carboxylic acids is 1. The maximum atomic E-state index is 14.7. The van der Waals surface area contributed by atoms with Gasteiger partial charge in [-0.3, -0.25) is 4.79 Å². The van der Waals surface area contributed by atoms with Crippen LogP contribution in [-0.4, -0.2) is 56.9 Å². The molecule has 0 unspecified atom stereocenters. The van der Waals surface area contributed by atoms with Gasteiger partial charge in [0.2, 0.25) is 5.95 Å². The van der Waals surface area contributed by atoms with E-state index in [0.717, 1.165) is 24.9 Å². The molecule has 0 spiro atoms. The van der Waals surface area contributed by atoms with Gasteiger partial charge >= 0.3 is 0 Å². The first-order chi connectivity index (χ1) is 15.6. The number of anilines is 2. The third-order valence-corrected chi connectivity index (χ3v) is 5.33. The summed E-state index contributed by atoms with van der Waals surface area (Å²) < 4.78 is 22.2. The van der Waals surface area contributed by atoms with Crippen molar-refractivity contribution in [2.45, 2.75) is 25.8 Å². The summed E-state index contributed by atoms with van der Waals surface area (Å²) >= 11 is 0. The molecule has 176 valence electrons. The van der Waals surface area contributed by atoms with Gasteiger partial charge < -0.3 is 25.0 Å². The monoisotopic (exact) mass is 476 g/mol. The largest absolute Gasteiger partial charge is 0.395 e. The Morgan fingerprint density at radius 1 is 1.21 bits per heavy atom. The molecule has 4 rings (SSSR count). The lowest BCUT2D eigenvalue weighted by atomic mass is 10.1. The molecule has 33 heavy (non-hydrogen) atoms. The zero-order valence-corrected chi connectivity index (χ0v) is 18.9. The van der Waals surface area contributed by atoms with E-state index in [0.29, 0.717) is 30.2 Å². The molecular weight excluding hydrogens is 451 g/mol. The Bertz CT molecular complexity index is 1090. The second kappa shape index (κ2) is 11.2. The highest BCUT2D eigenvalue weighted by Crippen LogP contribution is 2.31. The molecule has 9 nitrogen and oxygen atoms in total. The number of benzene rings is 1. The van der Waals surface area contributed by atoms with E-state index >= 15 is 0 Å². The van der Waals surface area contributed by atoms with Crippen LogP contribution < -0.4 is 10.6 Å². The molecule has 3 aromatic rings. The number of halogens is 2. The lowest BCUT2D eigenvalue weighted by Gasteiger charge is -2.26. The molecule has 3 N–H and O–H groups in total. The van der Waals surface area contributed by atoms with Crippen molar-refractivity contribution < 1.29 is 19.0 Å². The minimum Gasteiger partial charge on any atom is -0.395 e. The molecule has 0 atom stereocenters. The summed E-state index contributed by atoms with van der Waals surface area (Å²) in [5.41, 5.74) is 1.89. The number of ether oxygens (including phenoxy) is 1. The summed E-state index contributed by atoms with van der Waals surface area (Å²) in [6, 6.07) is 6.87. The second-order valence-corrected chi connectivity index (χ2v) is 7.48. The molecule has 0 radical (unpaired) electrons. The Labute approximate surface area is 196 Å². The van der Waals surface area contributed by atoms with Crippen molar-refractivity contribution in [3.05, 3.63) is 53.9 Å². The number of aromatic nitrogens is 4.